The SMILES string of the molecule is CC1(C(=O)O)CCCN1C(=O)[C@@H]1CO[C@H](CNC(=O)OCC2c3ccccc3-c3ccccc32)C1. The summed E-state index contributed by atoms with van der Waals surface area (Å²) in [6.07, 6.45) is 0.726. The second-order valence-corrected chi connectivity index (χ2v) is 9.77. The van der Waals surface area contributed by atoms with Crippen LogP contribution in [0.3, 0.4) is 0 Å². The lowest BCUT2D eigenvalue weighted by Crippen LogP contribution is -2.52. The molecule has 2 aliphatic heterocycles. The molecule has 1 unspecified atom stereocenters. The largest absolute Gasteiger partial charge is 0.480 e. The van der Waals surface area contributed by atoms with Crippen molar-refractivity contribution in [2.75, 3.05) is 26.3 Å². The summed E-state index contributed by atoms with van der Waals surface area (Å²) in [5, 5.41) is 12.3. The zero-order valence-electron chi connectivity index (χ0n) is 19.7. The Balaban J connectivity index is 1.12. The van der Waals surface area contributed by atoms with Crippen LogP contribution < -0.4 is 5.32 Å². The van der Waals surface area contributed by atoms with E-state index in [2.05, 4.69) is 29.6 Å². The molecule has 2 N–H and O–H groups in total. The lowest BCUT2D eigenvalue weighted by molar-refractivity contribution is -0.157. The number of hydrogen-bond donors (Lipinski definition) is 2. The van der Waals surface area contributed by atoms with Crippen molar-refractivity contribution in [3.05, 3.63) is 59.7 Å². The molecule has 35 heavy (non-hydrogen) atoms. The summed E-state index contributed by atoms with van der Waals surface area (Å²) in [5.41, 5.74) is 3.48. The van der Waals surface area contributed by atoms with Crippen LogP contribution in [0, 0.1) is 5.92 Å². The fourth-order valence-corrected chi connectivity index (χ4v) is 5.63. The van der Waals surface area contributed by atoms with E-state index in [0.29, 0.717) is 25.8 Å². The zero-order valence-corrected chi connectivity index (χ0v) is 19.7. The van der Waals surface area contributed by atoms with Gasteiger partial charge in [0.15, 0.2) is 0 Å². The minimum absolute atomic E-state index is 0.0121. The van der Waals surface area contributed by atoms with Crippen molar-refractivity contribution in [2.24, 2.45) is 5.92 Å². The lowest BCUT2D eigenvalue weighted by atomic mass is 9.96. The van der Waals surface area contributed by atoms with Gasteiger partial charge in [-0.15, -0.1) is 0 Å². The number of carbonyl (C=O) groups is 3. The van der Waals surface area contributed by atoms with Crippen molar-refractivity contribution in [3.63, 3.8) is 0 Å². The Hall–Kier alpha value is -3.39. The quantitative estimate of drug-likeness (QED) is 0.659. The van der Waals surface area contributed by atoms with Crippen LogP contribution in [0.5, 0.6) is 0 Å². The average Bonchev–Trinajstić information content (AvgIpc) is 3.57. The summed E-state index contributed by atoms with van der Waals surface area (Å²) >= 11 is 0. The molecule has 0 saturated carbocycles. The molecule has 0 bridgehead atoms. The minimum Gasteiger partial charge on any atom is -0.480 e. The van der Waals surface area contributed by atoms with Gasteiger partial charge in [-0.3, -0.25) is 4.79 Å². The van der Waals surface area contributed by atoms with Crippen LogP contribution in [0.25, 0.3) is 11.1 Å². The number of nitrogens with zero attached hydrogens (tertiary/aromatic N) is 1. The molecular formula is C27H30N2O6. The number of likely N-dealkylation sites (tertiary alicyclic amines) is 1. The molecule has 8 heteroatoms. The molecule has 2 amide bonds. The van der Waals surface area contributed by atoms with E-state index >= 15 is 0 Å². The predicted octanol–water partition coefficient (Wildman–Crippen LogP) is 3.40. The van der Waals surface area contributed by atoms with Gasteiger partial charge in [-0.2, -0.15) is 0 Å². The maximum absolute atomic E-state index is 13.0. The van der Waals surface area contributed by atoms with Crippen molar-refractivity contribution in [2.45, 2.75) is 43.7 Å². The first-order valence-corrected chi connectivity index (χ1v) is 12.1. The van der Waals surface area contributed by atoms with E-state index in [1.54, 1.807) is 6.92 Å². The summed E-state index contributed by atoms with van der Waals surface area (Å²) in [6, 6.07) is 16.3. The molecular weight excluding hydrogens is 448 g/mol. The highest BCUT2D eigenvalue weighted by atomic mass is 16.5. The molecule has 8 nitrogen and oxygen atoms in total. The van der Waals surface area contributed by atoms with Gasteiger partial charge in [0, 0.05) is 19.0 Å². The maximum Gasteiger partial charge on any atom is 0.407 e. The van der Waals surface area contributed by atoms with Gasteiger partial charge in [0.25, 0.3) is 0 Å². The first-order valence-electron chi connectivity index (χ1n) is 12.1. The van der Waals surface area contributed by atoms with Crippen molar-refractivity contribution in [1.82, 2.24) is 10.2 Å². The molecule has 2 saturated heterocycles. The van der Waals surface area contributed by atoms with Crippen molar-refractivity contribution in [3.8, 4) is 11.1 Å². The Kier molecular flexibility index (Phi) is 6.23. The van der Waals surface area contributed by atoms with Crippen LogP contribution in [-0.4, -0.2) is 65.9 Å². The molecule has 3 atom stereocenters. The van der Waals surface area contributed by atoms with Crippen LogP contribution in [0.15, 0.2) is 48.5 Å². The number of carboxylic acid groups (broad SMARTS) is 1. The molecule has 1 aliphatic carbocycles. The standard InChI is InChI=1S/C27H30N2O6/c1-27(25(31)32)11-6-12-29(27)24(30)17-13-18(34-15-17)14-28-26(33)35-16-23-21-9-4-2-7-19(21)20-8-3-5-10-22(20)23/h2-5,7-10,17-18,23H,6,11-16H2,1H3,(H,28,33)(H,31,32)/t17-,18-,27?/m0/s1. The summed E-state index contributed by atoms with van der Waals surface area (Å²) in [4.78, 5) is 38.6. The van der Waals surface area contributed by atoms with E-state index in [0.717, 1.165) is 11.1 Å². The first kappa shape index (κ1) is 23.4. The highest BCUT2D eigenvalue weighted by Gasteiger charge is 2.48. The molecule has 2 aromatic rings. The highest BCUT2D eigenvalue weighted by molar-refractivity contribution is 5.88. The van der Waals surface area contributed by atoms with Crippen LogP contribution in [0.4, 0.5) is 4.79 Å². The van der Waals surface area contributed by atoms with E-state index < -0.39 is 23.5 Å². The van der Waals surface area contributed by atoms with Crippen LogP contribution in [0.2, 0.25) is 0 Å². The minimum atomic E-state index is -1.16. The molecule has 2 fully saturated rings. The number of benzene rings is 2. The molecule has 184 valence electrons. The third-order valence-electron chi connectivity index (χ3n) is 7.62. The third kappa shape index (κ3) is 4.27. The van der Waals surface area contributed by atoms with Gasteiger partial charge in [0.2, 0.25) is 5.91 Å². The number of fused-ring (bicyclic) bond motifs is 3. The molecule has 5 rings (SSSR count). The fraction of sp³-hybridized carbons (Fsp3) is 0.444. The van der Waals surface area contributed by atoms with Gasteiger partial charge < -0.3 is 24.8 Å². The highest BCUT2D eigenvalue weighted by Crippen LogP contribution is 2.44. The lowest BCUT2D eigenvalue weighted by Gasteiger charge is -2.32. The van der Waals surface area contributed by atoms with Crippen LogP contribution in [0.1, 0.15) is 43.2 Å². The molecule has 2 aromatic carbocycles. The van der Waals surface area contributed by atoms with Gasteiger partial charge in [0.05, 0.1) is 18.6 Å². The van der Waals surface area contributed by atoms with Gasteiger partial charge in [-0.1, -0.05) is 48.5 Å². The van der Waals surface area contributed by atoms with Gasteiger partial charge >= 0.3 is 12.1 Å². The summed E-state index contributed by atoms with van der Waals surface area (Å²) in [6.45, 7) is 2.74. The molecule has 0 spiro atoms. The van der Waals surface area contributed by atoms with E-state index in [-0.39, 0.29) is 37.7 Å². The first-order chi connectivity index (χ1) is 16.9. The van der Waals surface area contributed by atoms with E-state index in [1.807, 2.05) is 24.3 Å². The fourth-order valence-electron chi connectivity index (χ4n) is 5.63. The topological polar surface area (TPSA) is 105 Å². The molecule has 3 aliphatic rings. The number of ether oxygens (including phenoxy) is 2. The molecule has 0 radical (unpaired) electrons. The zero-order chi connectivity index (χ0) is 24.6. The number of nitrogens with one attached hydrogen (secondary N) is 1. The van der Waals surface area contributed by atoms with E-state index in [9.17, 15) is 19.5 Å². The second-order valence-electron chi connectivity index (χ2n) is 9.77. The number of rotatable bonds is 6. The number of aliphatic carboxylic acids is 1. The Morgan fingerprint density at radius 2 is 1.77 bits per heavy atom. The average molecular weight is 479 g/mol. The smallest absolute Gasteiger partial charge is 0.407 e. The Morgan fingerprint density at radius 3 is 2.43 bits per heavy atom. The number of carbonyl (C=O) groups excluding carboxylic acids is 2. The molecule has 0 aromatic heterocycles. The summed E-state index contributed by atoms with van der Waals surface area (Å²) in [7, 11) is 0. The third-order valence-corrected chi connectivity index (χ3v) is 7.62. The Morgan fingerprint density at radius 1 is 1.11 bits per heavy atom. The normalized spacial score (nSPS) is 25.2. The second kappa shape index (κ2) is 9.34. The van der Waals surface area contributed by atoms with Crippen molar-refractivity contribution < 1.29 is 29.0 Å². The number of carboxylic acids is 1. The van der Waals surface area contributed by atoms with Gasteiger partial charge in [-0.05, 0) is 48.4 Å². The monoisotopic (exact) mass is 478 g/mol. The van der Waals surface area contributed by atoms with Crippen LogP contribution in [-0.2, 0) is 19.1 Å². The van der Waals surface area contributed by atoms with E-state index in [4.69, 9.17) is 9.47 Å². The van der Waals surface area contributed by atoms with Crippen molar-refractivity contribution >= 4 is 18.0 Å². The number of amides is 2. The summed E-state index contributed by atoms with van der Waals surface area (Å²) in [5.74, 6) is -1.57. The maximum atomic E-state index is 13.0. The molecule has 2 heterocycles. The number of hydrogen-bond acceptors (Lipinski definition) is 5. The summed E-state index contributed by atoms with van der Waals surface area (Å²) < 4.78 is 11.3. The van der Waals surface area contributed by atoms with Gasteiger partial charge in [-0.25, -0.2) is 9.59 Å². The van der Waals surface area contributed by atoms with Crippen LogP contribution >= 0.6 is 0 Å². The van der Waals surface area contributed by atoms with Gasteiger partial charge in [0.1, 0.15) is 12.1 Å². The van der Waals surface area contributed by atoms with E-state index in [1.165, 1.54) is 16.0 Å². The predicted molar refractivity (Wildman–Crippen MR) is 128 cm³/mol. The Bertz CT molecular complexity index is 1100. The Labute approximate surface area is 204 Å². The van der Waals surface area contributed by atoms with Crippen molar-refractivity contribution in [1.29, 1.82) is 0 Å². The number of alkyl carbamates (subject to hydrolysis) is 1.